The zero-order valence-electron chi connectivity index (χ0n) is 14.1. The predicted molar refractivity (Wildman–Crippen MR) is 87.5 cm³/mol. The fourth-order valence-corrected chi connectivity index (χ4v) is 2.56. The smallest absolute Gasteiger partial charge is 0.321 e. The van der Waals surface area contributed by atoms with Crippen LogP contribution in [-0.2, 0) is 16.1 Å². The second-order valence-electron chi connectivity index (χ2n) is 5.76. The standard InChI is InChI=1S/C17H18F2N4O3/c1-20-16(24)15-10-23(4-5-25-15)9-11-7-21-17(22-8-11)26-14-3-2-12(18)6-13(14)19/h2-3,6-8,15H,4-5,9-10H2,1H3,(H,20,24)/t15-/m0/s1. The van der Waals surface area contributed by atoms with Crippen molar-refractivity contribution in [3.8, 4) is 11.8 Å². The molecule has 1 aromatic carbocycles. The Balaban J connectivity index is 1.60. The van der Waals surface area contributed by atoms with Crippen LogP contribution in [0.4, 0.5) is 8.78 Å². The monoisotopic (exact) mass is 364 g/mol. The van der Waals surface area contributed by atoms with Gasteiger partial charge in [-0.1, -0.05) is 0 Å². The van der Waals surface area contributed by atoms with Gasteiger partial charge in [-0.25, -0.2) is 18.7 Å². The molecule has 3 rings (SSSR count). The van der Waals surface area contributed by atoms with Crippen molar-refractivity contribution in [2.45, 2.75) is 12.6 Å². The molecule has 1 saturated heterocycles. The molecule has 138 valence electrons. The van der Waals surface area contributed by atoms with E-state index in [2.05, 4.69) is 20.2 Å². The van der Waals surface area contributed by atoms with Gasteiger partial charge in [0.1, 0.15) is 11.9 Å². The van der Waals surface area contributed by atoms with E-state index in [0.717, 1.165) is 17.7 Å². The molecule has 1 atom stereocenters. The van der Waals surface area contributed by atoms with Crippen LogP contribution in [0.25, 0.3) is 0 Å². The highest BCUT2D eigenvalue weighted by atomic mass is 19.1. The summed E-state index contributed by atoms with van der Waals surface area (Å²) in [5.74, 6) is -1.82. The first-order chi connectivity index (χ1) is 12.5. The molecule has 0 spiro atoms. The first-order valence-corrected chi connectivity index (χ1v) is 8.04. The van der Waals surface area contributed by atoms with Crippen molar-refractivity contribution in [2.24, 2.45) is 0 Å². The maximum absolute atomic E-state index is 13.6. The molecule has 2 heterocycles. The molecule has 9 heteroatoms. The minimum absolute atomic E-state index is 0.0375. The molecule has 0 unspecified atom stereocenters. The van der Waals surface area contributed by atoms with E-state index in [1.165, 1.54) is 6.07 Å². The van der Waals surface area contributed by atoms with Gasteiger partial charge < -0.3 is 14.8 Å². The van der Waals surface area contributed by atoms with Crippen LogP contribution < -0.4 is 10.1 Å². The Kier molecular flexibility index (Phi) is 5.69. The van der Waals surface area contributed by atoms with Gasteiger partial charge in [0.2, 0.25) is 5.91 Å². The zero-order valence-corrected chi connectivity index (χ0v) is 14.1. The van der Waals surface area contributed by atoms with E-state index in [9.17, 15) is 13.6 Å². The van der Waals surface area contributed by atoms with E-state index in [0.29, 0.717) is 26.2 Å². The predicted octanol–water partition coefficient (Wildman–Crippen LogP) is 1.49. The fraction of sp³-hybridized carbons (Fsp3) is 0.353. The third-order valence-corrected chi connectivity index (χ3v) is 3.87. The number of nitrogens with one attached hydrogen (secondary N) is 1. The van der Waals surface area contributed by atoms with Gasteiger partial charge in [-0.15, -0.1) is 0 Å². The summed E-state index contributed by atoms with van der Waals surface area (Å²) in [6.45, 7) is 2.16. The molecule has 0 radical (unpaired) electrons. The van der Waals surface area contributed by atoms with Crippen LogP contribution in [-0.4, -0.2) is 53.6 Å². The summed E-state index contributed by atoms with van der Waals surface area (Å²) < 4.78 is 37.1. The summed E-state index contributed by atoms with van der Waals surface area (Å²) >= 11 is 0. The van der Waals surface area contributed by atoms with Gasteiger partial charge in [0.05, 0.1) is 6.61 Å². The van der Waals surface area contributed by atoms with Crippen LogP contribution in [0.1, 0.15) is 5.56 Å². The second kappa shape index (κ2) is 8.15. The average molecular weight is 364 g/mol. The first-order valence-electron chi connectivity index (χ1n) is 8.04. The van der Waals surface area contributed by atoms with Crippen LogP contribution in [0, 0.1) is 11.6 Å². The van der Waals surface area contributed by atoms with E-state index in [4.69, 9.17) is 9.47 Å². The number of benzene rings is 1. The van der Waals surface area contributed by atoms with Crippen molar-refractivity contribution < 1.29 is 23.0 Å². The van der Waals surface area contributed by atoms with Gasteiger partial charge in [-0.2, -0.15) is 0 Å². The molecule has 1 N–H and O–H groups in total. The molecule has 7 nitrogen and oxygen atoms in total. The Labute approximate surface area is 149 Å². The number of morpholine rings is 1. The minimum Gasteiger partial charge on any atom is -0.421 e. The minimum atomic E-state index is -0.828. The molecule has 0 bridgehead atoms. The molecule has 1 aliphatic heterocycles. The largest absolute Gasteiger partial charge is 0.421 e. The SMILES string of the molecule is CNC(=O)[C@@H]1CN(Cc2cnc(Oc3ccc(F)cc3F)nc2)CCO1. The number of hydrogen-bond acceptors (Lipinski definition) is 6. The highest BCUT2D eigenvalue weighted by Crippen LogP contribution is 2.22. The highest BCUT2D eigenvalue weighted by molar-refractivity contribution is 5.80. The van der Waals surface area contributed by atoms with E-state index < -0.39 is 17.7 Å². The summed E-state index contributed by atoms with van der Waals surface area (Å²) in [5.41, 5.74) is 0.814. The lowest BCUT2D eigenvalue weighted by Crippen LogP contribution is -2.48. The maximum Gasteiger partial charge on any atom is 0.321 e. The summed E-state index contributed by atoms with van der Waals surface area (Å²) in [5, 5.41) is 2.57. The second-order valence-corrected chi connectivity index (χ2v) is 5.76. The molecular weight excluding hydrogens is 346 g/mol. The number of halogens is 2. The van der Waals surface area contributed by atoms with Crippen molar-refractivity contribution in [1.82, 2.24) is 20.2 Å². The van der Waals surface area contributed by atoms with Crippen LogP contribution in [0.15, 0.2) is 30.6 Å². The van der Waals surface area contributed by atoms with Gasteiger partial charge >= 0.3 is 6.01 Å². The van der Waals surface area contributed by atoms with Crippen LogP contribution in [0.2, 0.25) is 0 Å². The molecule has 0 saturated carbocycles. The molecule has 1 aliphatic rings. The molecule has 1 aromatic heterocycles. The summed E-state index contributed by atoms with van der Waals surface area (Å²) in [7, 11) is 1.57. The number of carbonyl (C=O) groups excluding carboxylic acids is 1. The van der Waals surface area contributed by atoms with E-state index in [1.807, 2.05) is 0 Å². The van der Waals surface area contributed by atoms with Crippen molar-refractivity contribution in [3.63, 3.8) is 0 Å². The van der Waals surface area contributed by atoms with Gasteiger partial charge in [-0.3, -0.25) is 9.69 Å². The Bertz CT molecular complexity index is 773. The Morgan fingerprint density at radius 2 is 2.15 bits per heavy atom. The van der Waals surface area contributed by atoms with Gasteiger partial charge in [0.15, 0.2) is 11.6 Å². The Hall–Kier alpha value is -2.65. The van der Waals surface area contributed by atoms with Crippen molar-refractivity contribution in [3.05, 3.63) is 47.8 Å². The summed E-state index contributed by atoms with van der Waals surface area (Å²) in [6.07, 6.45) is 2.63. The fourth-order valence-electron chi connectivity index (χ4n) is 2.56. The lowest BCUT2D eigenvalue weighted by Gasteiger charge is -2.31. The van der Waals surface area contributed by atoms with Crippen molar-refractivity contribution >= 4 is 5.91 Å². The Morgan fingerprint density at radius 1 is 1.38 bits per heavy atom. The van der Waals surface area contributed by atoms with Crippen LogP contribution >= 0.6 is 0 Å². The Morgan fingerprint density at radius 3 is 2.85 bits per heavy atom. The topological polar surface area (TPSA) is 76.6 Å². The van der Waals surface area contributed by atoms with Gasteiger partial charge in [-0.05, 0) is 12.1 Å². The van der Waals surface area contributed by atoms with E-state index in [-0.39, 0.29) is 17.7 Å². The lowest BCUT2D eigenvalue weighted by atomic mass is 10.2. The number of ether oxygens (including phenoxy) is 2. The molecule has 0 aliphatic carbocycles. The molecule has 26 heavy (non-hydrogen) atoms. The first kappa shape index (κ1) is 18.2. The average Bonchev–Trinajstić information content (AvgIpc) is 2.65. The van der Waals surface area contributed by atoms with Crippen LogP contribution in [0.3, 0.4) is 0 Å². The number of carbonyl (C=O) groups is 1. The normalized spacial score (nSPS) is 17.7. The summed E-state index contributed by atoms with van der Waals surface area (Å²) in [6, 6.07) is 2.96. The molecule has 1 fully saturated rings. The van der Waals surface area contributed by atoms with Crippen molar-refractivity contribution in [2.75, 3.05) is 26.7 Å². The summed E-state index contributed by atoms with van der Waals surface area (Å²) in [4.78, 5) is 21.8. The third-order valence-electron chi connectivity index (χ3n) is 3.87. The number of hydrogen-bond donors (Lipinski definition) is 1. The number of amides is 1. The third kappa shape index (κ3) is 4.50. The molecule has 2 aromatic rings. The van der Waals surface area contributed by atoms with E-state index in [1.54, 1.807) is 19.4 Å². The zero-order chi connectivity index (χ0) is 18.5. The molecular formula is C17H18F2N4O3. The highest BCUT2D eigenvalue weighted by Gasteiger charge is 2.25. The van der Waals surface area contributed by atoms with E-state index >= 15 is 0 Å². The number of nitrogens with zero attached hydrogens (tertiary/aromatic N) is 3. The number of rotatable bonds is 5. The van der Waals surface area contributed by atoms with Gasteiger partial charge in [0, 0.05) is 50.7 Å². The van der Waals surface area contributed by atoms with Crippen molar-refractivity contribution in [1.29, 1.82) is 0 Å². The van der Waals surface area contributed by atoms with Crippen LogP contribution in [0.5, 0.6) is 11.8 Å². The number of aromatic nitrogens is 2. The quantitative estimate of drug-likeness (QED) is 0.866. The lowest BCUT2D eigenvalue weighted by molar-refractivity contribution is -0.138. The maximum atomic E-state index is 13.6. The molecule has 1 amide bonds. The van der Waals surface area contributed by atoms with Gasteiger partial charge in [0.25, 0.3) is 0 Å². The number of likely N-dealkylation sites (N-methyl/N-ethyl adjacent to an activating group) is 1.